The number of para-hydroxylation sites is 1. The van der Waals surface area contributed by atoms with Crippen LogP contribution in [0.25, 0.3) is 0 Å². The maximum Gasteiger partial charge on any atom is 0.260 e. The Kier molecular flexibility index (Phi) is 6.43. The minimum absolute atomic E-state index is 0.125. The van der Waals surface area contributed by atoms with Crippen LogP contribution in [0.5, 0.6) is 5.75 Å². The molecule has 1 aliphatic heterocycles. The van der Waals surface area contributed by atoms with Crippen LogP contribution in [0, 0.1) is 0 Å². The molecule has 1 aliphatic rings. The predicted octanol–water partition coefficient (Wildman–Crippen LogP) is 3.18. The number of hydrogen-bond acceptors (Lipinski definition) is 5. The number of halogens is 1. The number of hydrogen-bond donors (Lipinski definition) is 2. The number of ether oxygens (including phenoxy) is 1. The zero-order valence-electron chi connectivity index (χ0n) is 17.5. The third-order valence-corrected chi connectivity index (χ3v) is 5.71. The van der Waals surface area contributed by atoms with Crippen molar-refractivity contribution in [1.29, 1.82) is 0 Å². The molecule has 2 amide bonds. The van der Waals surface area contributed by atoms with E-state index in [4.69, 9.17) is 21.4 Å². The molecule has 0 spiro atoms. The van der Waals surface area contributed by atoms with Gasteiger partial charge in [-0.15, -0.1) is 0 Å². The van der Waals surface area contributed by atoms with Crippen LogP contribution in [0.1, 0.15) is 34.7 Å². The fourth-order valence-electron chi connectivity index (χ4n) is 3.75. The van der Waals surface area contributed by atoms with E-state index in [1.807, 2.05) is 31.2 Å². The van der Waals surface area contributed by atoms with Crippen molar-refractivity contribution >= 4 is 29.1 Å². The van der Waals surface area contributed by atoms with E-state index in [2.05, 4.69) is 9.97 Å². The highest BCUT2D eigenvalue weighted by atomic mass is 35.5. The molecule has 0 radical (unpaired) electrons. The molecule has 2 heterocycles. The van der Waals surface area contributed by atoms with E-state index in [0.29, 0.717) is 23.8 Å². The van der Waals surface area contributed by atoms with Crippen LogP contribution in [-0.2, 0) is 11.3 Å². The Morgan fingerprint density at radius 3 is 2.81 bits per heavy atom. The third kappa shape index (κ3) is 4.32. The second-order valence-corrected chi connectivity index (χ2v) is 7.81. The number of carbonyl (C=O) groups excluding carboxylic acids is 2. The lowest BCUT2D eigenvalue weighted by molar-refractivity contribution is -0.132. The number of rotatable bonds is 6. The van der Waals surface area contributed by atoms with Gasteiger partial charge in [0.25, 0.3) is 5.91 Å². The maximum absolute atomic E-state index is 13.5. The molecule has 8 nitrogen and oxygen atoms in total. The van der Waals surface area contributed by atoms with Gasteiger partial charge in [-0.1, -0.05) is 29.8 Å². The molecule has 0 fully saturated rings. The van der Waals surface area contributed by atoms with Gasteiger partial charge in [0, 0.05) is 24.6 Å². The van der Waals surface area contributed by atoms with Crippen LogP contribution >= 0.6 is 11.6 Å². The third-order valence-electron chi connectivity index (χ3n) is 5.40. The van der Waals surface area contributed by atoms with E-state index in [-0.39, 0.29) is 48.2 Å². The number of amides is 2. The van der Waals surface area contributed by atoms with Crippen LogP contribution in [0.2, 0.25) is 5.02 Å². The van der Waals surface area contributed by atoms with Gasteiger partial charge in [-0.25, -0.2) is 4.98 Å². The Hall–Kier alpha value is -3.36. The number of benzene rings is 2. The van der Waals surface area contributed by atoms with Crippen molar-refractivity contribution in [3.8, 4) is 5.75 Å². The number of imidazole rings is 1. The molecular weight excluding hydrogens is 432 g/mol. The van der Waals surface area contributed by atoms with Crippen molar-refractivity contribution in [2.24, 2.45) is 0 Å². The summed E-state index contributed by atoms with van der Waals surface area (Å²) in [5, 5.41) is 9.12. The fraction of sp³-hybridized carbons (Fsp3) is 0.261. The normalized spacial score (nSPS) is 14.7. The highest BCUT2D eigenvalue weighted by Gasteiger charge is 2.33. The number of anilines is 1. The summed E-state index contributed by atoms with van der Waals surface area (Å²) in [7, 11) is 0. The molecule has 1 aromatic heterocycles. The number of aliphatic hydroxyl groups is 1. The first-order chi connectivity index (χ1) is 15.5. The minimum Gasteiger partial charge on any atom is -0.491 e. The quantitative estimate of drug-likeness (QED) is 0.596. The number of carbonyl (C=O) groups is 2. The zero-order chi connectivity index (χ0) is 22.7. The Bertz CT molecular complexity index is 1120. The first kappa shape index (κ1) is 21.9. The van der Waals surface area contributed by atoms with E-state index in [9.17, 15) is 9.59 Å². The average Bonchev–Trinajstić information content (AvgIpc) is 3.29. The van der Waals surface area contributed by atoms with Gasteiger partial charge in [0.1, 0.15) is 24.7 Å². The Labute approximate surface area is 190 Å². The number of nitrogens with one attached hydrogen (secondary N) is 1. The summed E-state index contributed by atoms with van der Waals surface area (Å²) in [6, 6.07) is 11.9. The molecule has 1 unspecified atom stereocenters. The van der Waals surface area contributed by atoms with Crippen molar-refractivity contribution in [2.75, 3.05) is 24.7 Å². The molecule has 4 rings (SSSR count). The molecule has 3 aromatic rings. The lowest BCUT2D eigenvalue weighted by atomic mass is 10.1. The standard InChI is InChI=1S/C23H23ClN4O4/c1-15(22-25-8-9-26-22)27-13-16-4-2-3-5-20(16)28(14-21(27)30)23(31)18-7-6-17(12-19(18)24)32-11-10-29/h2-9,12,15,29H,10-11,13-14H2,1H3,(H,25,26). The summed E-state index contributed by atoms with van der Waals surface area (Å²) in [5.74, 6) is 0.554. The molecular formula is C23H23ClN4O4. The summed E-state index contributed by atoms with van der Waals surface area (Å²) < 4.78 is 5.36. The van der Waals surface area contributed by atoms with Crippen molar-refractivity contribution in [2.45, 2.75) is 19.5 Å². The molecule has 0 saturated heterocycles. The molecule has 1 atom stereocenters. The Balaban J connectivity index is 1.66. The number of nitrogens with zero attached hydrogens (tertiary/aromatic N) is 3. The van der Waals surface area contributed by atoms with Gasteiger partial charge in [0.05, 0.1) is 23.2 Å². The van der Waals surface area contributed by atoms with Gasteiger partial charge < -0.3 is 19.7 Å². The smallest absolute Gasteiger partial charge is 0.260 e. The topological polar surface area (TPSA) is 98.8 Å². The summed E-state index contributed by atoms with van der Waals surface area (Å²) >= 11 is 6.38. The van der Waals surface area contributed by atoms with E-state index in [1.54, 1.807) is 29.4 Å². The molecule has 2 aromatic carbocycles. The maximum atomic E-state index is 13.5. The average molecular weight is 455 g/mol. The second-order valence-electron chi connectivity index (χ2n) is 7.41. The lowest BCUT2D eigenvalue weighted by Crippen LogP contribution is -2.41. The van der Waals surface area contributed by atoms with Crippen LogP contribution in [0.15, 0.2) is 54.9 Å². The van der Waals surface area contributed by atoms with E-state index < -0.39 is 0 Å². The first-order valence-electron chi connectivity index (χ1n) is 10.2. The number of aliphatic hydroxyl groups excluding tert-OH is 1. The van der Waals surface area contributed by atoms with Gasteiger partial charge >= 0.3 is 0 Å². The minimum atomic E-state index is -0.378. The molecule has 0 bridgehead atoms. The highest BCUT2D eigenvalue weighted by Crippen LogP contribution is 2.32. The van der Waals surface area contributed by atoms with E-state index in [0.717, 1.165) is 5.56 Å². The number of fused-ring (bicyclic) bond motifs is 1. The molecule has 0 aliphatic carbocycles. The van der Waals surface area contributed by atoms with Crippen molar-refractivity contribution in [3.63, 3.8) is 0 Å². The van der Waals surface area contributed by atoms with Crippen LogP contribution in [0.3, 0.4) is 0 Å². The first-order valence-corrected chi connectivity index (χ1v) is 10.6. The fourth-order valence-corrected chi connectivity index (χ4v) is 4.00. The van der Waals surface area contributed by atoms with Gasteiger partial charge in [-0.3, -0.25) is 14.5 Å². The van der Waals surface area contributed by atoms with Crippen molar-refractivity contribution in [3.05, 3.63) is 76.8 Å². The second kappa shape index (κ2) is 9.42. The SMILES string of the molecule is CC(c1ncc[nH]1)N1Cc2ccccc2N(C(=O)c2ccc(OCCO)cc2Cl)CC1=O. The van der Waals surface area contributed by atoms with Crippen LogP contribution in [-0.4, -0.2) is 51.5 Å². The van der Waals surface area contributed by atoms with E-state index in [1.165, 1.54) is 11.0 Å². The largest absolute Gasteiger partial charge is 0.491 e. The molecule has 32 heavy (non-hydrogen) atoms. The summed E-state index contributed by atoms with van der Waals surface area (Å²) in [6.45, 7) is 2.13. The Morgan fingerprint density at radius 2 is 2.09 bits per heavy atom. The van der Waals surface area contributed by atoms with Crippen molar-refractivity contribution in [1.82, 2.24) is 14.9 Å². The van der Waals surface area contributed by atoms with Gasteiger partial charge in [0.2, 0.25) is 5.91 Å². The number of aromatic amines is 1. The van der Waals surface area contributed by atoms with Crippen LogP contribution in [0.4, 0.5) is 5.69 Å². The monoisotopic (exact) mass is 454 g/mol. The van der Waals surface area contributed by atoms with E-state index >= 15 is 0 Å². The van der Waals surface area contributed by atoms with Gasteiger partial charge in [0.15, 0.2) is 0 Å². The highest BCUT2D eigenvalue weighted by molar-refractivity contribution is 6.34. The molecule has 2 N–H and O–H groups in total. The summed E-state index contributed by atoms with van der Waals surface area (Å²) in [5.41, 5.74) is 1.78. The lowest BCUT2D eigenvalue weighted by Gasteiger charge is -2.27. The summed E-state index contributed by atoms with van der Waals surface area (Å²) in [4.78, 5) is 37.2. The van der Waals surface area contributed by atoms with Crippen molar-refractivity contribution < 1.29 is 19.4 Å². The predicted molar refractivity (Wildman–Crippen MR) is 120 cm³/mol. The number of aromatic nitrogens is 2. The molecule has 9 heteroatoms. The van der Waals surface area contributed by atoms with Crippen LogP contribution < -0.4 is 9.64 Å². The number of H-pyrrole nitrogens is 1. The Morgan fingerprint density at radius 1 is 1.28 bits per heavy atom. The summed E-state index contributed by atoms with van der Waals surface area (Å²) in [6.07, 6.45) is 3.36. The molecule has 0 saturated carbocycles. The van der Waals surface area contributed by atoms with Gasteiger partial charge in [-0.05, 0) is 36.8 Å². The zero-order valence-corrected chi connectivity index (χ0v) is 18.2. The molecule has 166 valence electrons. The van der Waals surface area contributed by atoms with Gasteiger partial charge in [-0.2, -0.15) is 0 Å².